The molecule has 0 aliphatic rings. The Kier molecular flexibility index (Phi) is 2.55. The predicted octanol–water partition coefficient (Wildman–Crippen LogP) is 0.864. The smallest absolute Gasteiger partial charge is 0.138 e. The van der Waals surface area contributed by atoms with Gasteiger partial charge in [-0.25, -0.2) is 0 Å². The van der Waals surface area contributed by atoms with Gasteiger partial charge in [0, 0.05) is 6.04 Å². The lowest BCUT2D eigenvalue weighted by atomic mass is 10.1. The summed E-state index contributed by atoms with van der Waals surface area (Å²) < 4.78 is 0. The van der Waals surface area contributed by atoms with Gasteiger partial charge in [-0.3, -0.25) is 0 Å². The molecular weight excluding hydrogens is 152 g/mol. The third-order valence-corrected chi connectivity index (χ3v) is 1.65. The molecule has 3 nitrogen and oxygen atoms in total. The molecule has 0 bridgehead atoms. The van der Waals surface area contributed by atoms with Crippen molar-refractivity contribution in [3.8, 4) is 5.75 Å². The first-order chi connectivity index (χ1) is 5.59. The van der Waals surface area contributed by atoms with Crippen LogP contribution in [0.25, 0.3) is 0 Å². The third-order valence-electron chi connectivity index (χ3n) is 1.65. The quantitative estimate of drug-likeness (QED) is 0.451. The van der Waals surface area contributed by atoms with E-state index in [9.17, 15) is 0 Å². The number of phenols is 1. The Morgan fingerprint density at radius 2 is 2.17 bits per heavy atom. The first kappa shape index (κ1) is 8.87. The summed E-state index contributed by atoms with van der Waals surface area (Å²) in [6, 6.07) is 5.29. The largest absolute Gasteiger partial charge is 0.506 e. The van der Waals surface area contributed by atoms with E-state index in [2.05, 4.69) is 0 Å². The average molecular weight is 166 g/mol. The van der Waals surface area contributed by atoms with Gasteiger partial charge in [-0.2, -0.15) is 0 Å². The minimum atomic E-state index is 0.119. The molecule has 0 aromatic heterocycles. The molecule has 1 aromatic rings. The van der Waals surface area contributed by atoms with Gasteiger partial charge in [0.25, 0.3) is 0 Å². The molecule has 0 radical (unpaired) electrons. The number of phenolic OH excluding ortho intramolecular Hbond substituents is 1. The molecule has 66 valence electrons. The number of nitrogens with two attached hydrogens (primary N) is 2. The Morgan fingerprint density at radius 3 is 2.67 bits per heavy atom. The van der Waals surface area contributed by atoms with Gasteiger partial charge in [-0.05, 0) is 31.0 Å². The van der Waals surface area contributed by atoms with Crippen LogP contribution in [0.15, 0.2) is 18.2 Å². The Balaban J connectivity index is 2.82. The lowest BCUT2D eigenvalue weighted by molar-refractivity contribution is 0.477. The van der Waals surface area contributed by atoms with E-state index in [1.807, 2.05) is 13.0 Å². The molecule has 0 spiro atoms. The number of hydrogen-bond donors (Lipinski definition) is 3. The summed E-state index contributed by atoms with van der Waals surface area (Å²) in [4.78, 5) is 0. The van der Waals surface area contributed by atoms with Crippen molar-refractivity contribution in [1.82, 2.24) is 0 Å². The Labute approximate surface area is 72.0 Å². The minimum absolute atomic E-state index is 0.119. The third kappa shape index (κ3) is 2.13. The fraction of sp³-hybridized carbons (Fsp3) is 0.333. The lowest BCUT2D eigenvalue weighted by Gasteiger charge is -2.06. The van der Waals surface area contributed by atoms with Crippen molar-refractivity contribution in [3.63, 3.8) is 0 Å². The van der Waals surface area contributed by atoms with Crippen molar-refractivity contribution >= 4 is 5.69 Å². The van der Waals surface area contributed by atoms with E-state index >= 15 is 0 Å². The van der Waals surface area contributed by atoms with Crippen molar-refractivity contribution in [1.29, 1.82) is 0 Å². The van der Waals surface area contributed by atoms with Gasteiger partial charge in [0.05, 0.1) is 5.69 Å². The van der Waals surface area contributed by atoms with Crippen LogP contribution in [0.5, 0.6) is 5.75 Å². The van der Waals surface area contributed by atoms with E-state index in [-0.39, 0.29) is 11.8 Å². The molecular formula is C9H14N2O. The fourth-order valence-electron chi connectivity index (χ4n) is 1.10. The Bertz CT molecular complexity index is 271. The van der Waals surface area contributed by atoms with Crippen molar-refractivity contribution in [3.05, 3.63) is 23.8 Å². The van der Waals surface area contributed by atoms with Crippen LogP contribution < -0.4 is 11.5 Å². The van der Waals surface area contributed by atoms with E-state index in [0.29, 0.717) is 5.69 Å². The van der Waals surface area contributed by atoms with Crippen LogP contribution in [0.2, 0.25) is 0 Å². The molecule has 1 rings (SSSR count). The van der Waals surface area contributed by atoms with Crippen LogP contribution >= 0.6 is 0 Å². The van der Waals surface area contributed by atoms with Gasteiger partial charge in [0.1, 0.15) is 5.75 Å². The van der Waals surface area contributed by atoms with Gasteiger partial charge < -0.3 is 16.6 Å². The van der Waals surface area contributed by atoms with Crippen LogP contribution in [0.3, 0.4) is 0 Å². The van der Waals surface area contributed by atoms with Crippen LogP contribution in [-0.4, -0.2) is 11.1 Å². The summed E-state index contributed by atoms with van der Waals surface area (Å²) in [7, 11) is 0. The first-order valence-electron chi connectivity index (χ1n) is 3.92. The van der Waals surface area contributed by atoms with Crippen LogP contribution in [0.1, 0.15) is 12.5 Å². The highest BCUT2D eigenvalue weighted by Crippen LogP contribution is 2.20. The molecule has 0 fully saturated rings. The second-order valence-electron chi connectivity index (χ2n) is 3.07. The molecule has 1 unspecified atom stereocenters. The highest BCUT2D eigenvalue weighted by molar-refractivity contribution is 5.53. The molecule has 1 aromatic carbocycles. The number of rotatable bonds is 2. The number of nitrogen functional groups attached to an aromatic ring is 1. The summed E-state index contributed by atoms with van der Waals surface area (Å²) in [5, 5.41) is 9.12. The van der Waals surface area contributed by atoms with Crippen molar-refractivity contribution in [2.45, 2.75) is 19.4 Å². The summed E-state index contributed by atoms with van der Waals surface area (Å²) in [6.45, 7) is 1.93. The van der Waals surface area contributed by atoms with Crippen molar-refractivity contribution in [2.24, 2.45) is 5.73 Å². The zero-order chi connectivity index (χ0) is 9.14. The van der Waals surface area contributed by atoms with Gasteiger partial charge in [0.15, 0.2) is 0 Å². The SMILES string of the molecule is CC(N)Cc1ccc(O)c(N)c1. The predicted molar refractivity (Wildman–Crippen MR) is 49.9 cm³/mol. The zero-order valence-electron chi connectivity index (χ0n) is 7.12. The maximum atomic E-state index is 9.12. The van der Waals surface area contributed by atoms with Gasteiger partial charge >= 0.3 is 0 Å². The van der Waals surface area contributed by atoms with Crippen molar-refractivity contribution in [2.75, 3.05) is 5.73 Å². The zero-order valence-corrected chi connectivity index (χ0v) is 7.12. The molecule has 0 aliphatic heterocycles. The highest BCUT2D eigenvalue weighted by Gasteiger charge is 2.00. The molecule has 0 saturated carbocycles. The monoisotopic (exact) mass is 166 g/mol. The summed E-state index contributed by atoms with van der Waals surface area (Å²) in [6.07, 6.45) is 0.782. The minimum Gasteiger partial charge on any atom is -0.506 e. The average Bonchev–Trinajstić information content (AvgIpc) is 1.96. The number of anilines is 1. The van der Waals surface area contributed by atoms with Gasteiger partial charge in [0.2, 0.25) is 0 Å². The van der Waals surface area contributed by atoms with E-state index in [0.717, 1.165) is 12.0 Å². The van der Waals surface area contributed by atoms with Gasteiger partial charge in [-0.1, -0.05) is 6.07 Å². The Morgan fingerprint density at radius 1 is 1.50 bits per heavy atom. The number of benzene rings is 1. The van der Waals surface area contributed by atoms with Crippen LogP contribution in [-0.2, 0) is 6.42 Å². The molecule has 5 N–H and O–H groups in total. The molecule has 0 saturated heterocycles. The first-order valence-corrected chi connectivity index (χ1v) is 3.92. The molecule has 3 heteroatoms. The molecule has 0 aliphatic carbocycles. The normalized spacial score (nSPS) is 12.8. The highest BCUT2D eigenvalue weighted by atomic mass is 16.3. The van der Waals surface area contributed by atoms with E-state index in [1.54, 1.807) is 12.1 Å². The molecule has 0 amide bonds. The lowest BCUT2D eigenvalue weighted by Crippen LogP contribution is -2.17. The van der Waals surface area contributed by atoms with E-state index < -0.39 is 0 Å². The van der Waals surface area contributed by atoms with Crippen LogP contribution in [0, 0.1) is 0 Å². The standard InChI is InChI=1S/C9H14N2O/c1-6(10)4-7-2-3-9(12)8(11)5-7/h2-3,5-6,12H,4,10-11H2,1H3. The summed E-state index contributed by atoms with van der Waals surface area (Å²) >= 11 is 0. The van der Waals surface area contributed by atoms with Crippen molar-refractivity contribution < 1.29 is 5.11 Å². The summed E-state index contributed by atoms with van der Waals surface area (Å²) in [5.74, 6) is 0.128. The second-order valence-corrected chi connectivity index (χ2v) is 3.07. The number of aromatic hydroxyl groups is 1. The molecule has 1 atom stereocenters. The maximum Gasteiger partial charge on any atom is 0.138 e. The topological polar surface area (TPSA) is 72.3 Å². The second kappa shape index (κ2) is 3.45. The number of hydrogen-bond acceptors (Lipinski definition) is 3. The van der Waals surface area contributed by atoms with Crippen LogP contribution in [0.4, 0.5) is 5.69 Å². The van der Waals surface area contributed by atoms with Gasteiger partial charge in [-0.15, -0.1) is 0 Å². The van der Waals surface area contributed by atoms with E-state index in [1.165, 1.54) is 0 Å². The van der Waals surface area contributed by atoms with E-state index in [4.69, 9.17) is 16.6 Å². The fourth-order valence-corrected chi connectivity index (χ4v) is 1.10. The summed E-state index contributed by atoms with van der Waals surface area (Å²) in [5.41, 5.74) is 12.6. The molecule has 0 heterocycles. The molecule has 12 heavy (non-hydrogen) atoms. The maximum absolute atomic E-state index is 9.12. The Hall–Kier alpha value is -1.22.